The van der Waals surface area contributed by atoms with Crippen molar-refractivity contribution in [3.05, 3.63) is 70.7 Å². The van der Waals surface area contributed by atoms with Crippen LogP contribution in [0.2, 0.25) is 5.02 Å². The summed E-state index contributed by atoms with van der Waals surface area (Å²) in [6.45, 7) is 1.34. The van der Waals surface area contributed by atoms with Gasteiger partial charge in [-0.15, -0.1) is 0 Å². The van der Waals surface area contributed by atoms with Gasteiger partial charge in [0.25, 0.3) is 0 Å². The summed E-state index contributed by atoms with van der Waals surface area (Å²) in [4.78, 5) is 14.6. The number of likely N-dealkylation sites (tertiary alicyclic amines) is 1. The van der Waals surface area contributed by atoms with E-state index in [1.165, 1.54) is 0 Å². The zero-order valence-electron chi connectivity index (χ0n) is 14.3. The summed E-state index contributed by atoms with van der Waals surface area (Å²) < 4.78 is 27.9. The molecule has 26 heavy (non-hydrogen) atoms. The Morgan fingerprint density at radius 3 is 2.27 bits per heavy atom. The van der Waals surface area contributed by atoms with Crippen molar-refractivity contribution in [3.8, 4) is 0 Å². The Morgan fingerprint density at radius 2 is 1.65 bits per heavy atom. The number of rotatable bonds is 6. The van der Waals surface area contributed by atoms with Crippen LogP contribution in [0, 0.1) is 0 Å². The van der Waals surface area contributed by atoms with E-state index in [2.05, 4.69) is 4.72 Å². The number of benzene rings is 2. The van der Waals surface area contributed by atoms with Crippen molar-refractivity contribution in [3.63, 3.8) is 0 Å². The number of carbonyl (C=O) groups is 1. The number of hydrogen-bond donors (Lipinski definition) is 1. The van der Waals surface area contributed by atoms with Crippen LogP contribution in [0.3, 0.4) is 0 Å². The monoisotopic (exact) mass is 392 g/mol. The number of nitrogens with one attached hydrogen (secondary N) is 1. The summed E-state index contributed by atoms with van der Waals surface area (Å²) in [6.07, 6.45) is 1.90. The molecule has 1 saturated heterocycles. The molecule has 0 aromatic heterocycles. The van der Waals surface area contributed by atoms with Gasteiger partial charge in [0.15, 0.2) is 0 Å². The Bertz CT molecular complexity index is 848. The van der Waals surface area contributed by atoms with Crippen LogP contribution in [-0.2, 0) is 20.6 Å². The number of hydrogen-bond acceptors (Lipinski definition) is 3. The van der Waals surface area contributed by atoms with Crippen molar-refractivity contribution < 1.29 is 13.2 Å². The minimum atomic E-state index is -3.71. The number of carbonyl (C=O) groups excluding carboxylic acids is 1. The molecule has 0 saturated carbocycles. The fourth-order valence-electron chi connectivity index (χ4n) is 3.05. The fraction of sp³-hybridized carbons (Fsp3) is 0.316. The van der Waals surface area contributed by atoms with Gasteiger partial charge in [-0.25, -0.2) is 8.42 Å². The summed E-state index contributed by atoms with van der Waals surface area (Å²) in [5, 5.41) is 0.547. The highest BCUT2D eigenvalue weighted by atomic mass is 35.5. The first-order chi connectivity index (χ1) is 12.4. The summed E-state index contributed by atoms with van der Waals surface area (Å²) in [5.41, 5.74) is 1.26. The molecule has 138 valence electrons. The molecular weight excluding hydrogens is 372 g/mol. The van der Waals surface area contributed by atoms with Gasteiger partial charge in [0, 0.05) is 18.1 Å². The Labute approximate surface area is 159 Å². The molecule has 0 spiro atoms. The molecule has 2 aromatic carbocycles. The van der Waals surface area contributed by atoms with Gasteiger partial charge >= 0.3 is 0 Å². The van der Waals surface area contributed by atoms with Gasteiger partial charge < -0.3 is 4.90 Å². The maximum Gasteiger partial charge on any atom is 0.245 e. The lowest BCUT2D eigenvalue weighted by Crippen LogP contribution is -2.42. The van der Waals surface area contributed by atoms with Crippen molar-refractivity contribution in [2.75, 3.05) is 13.1 Å². The fourth-order valence-corrected chi connectivity index (χ4v) is 4.48. The van der Waals surface area contributed by atoms with E-state index in [1.807, 2.05) is 6.07 Å². The standard InChI is InChI=1S/C19H21ClN2O3S/c20-17-10-8-15(9-11-17)14-26(24,25)21-18(16-6-2-1-3-7-16)19(23)22-12-4-5-13-22/h1-3,6-11,18,21H,4-5,12-14H2/t18-/m0/s1. The first-order valence-electron chi connectivity index (χ1n) is 8.53. The molecule has 1 aliphatic heterocycles. The lowest BCUT2D eigenvalue weighted by Gasteiger charge is -2.24. The zero-order valence-corrected chi connectivity index (χ0v) is 15.8. The number of amides is 1. The molecular formula is C19H21ClN2O3S. The van der Waals surface area contributed by atoms with Crippen LogP contribution in [0.25, 0.3) is 0 Å². The van der Waals surface area contributed by atoms with Crippen molar-refractivity contribution in [1.82, 2.24) is 9.62 Å². The van der Waals surface area contributed by atoms with Crippen molar-refractivity contribution in [2.45, 2.75) is 24.6 Å². The highest BCUT2D eigenvalue weighted by Crippen LogP contribution is 2.21. The van der Waals surface area contributed by atoms with Gasteiger partial charge in [0.2, 0.25) is 15.9 Å². The Kier molecular flexibility index (Phi) is 5.96. The third kappa shape index (κ3) is 4.84. The van der Waals surface area contributed by atoms with E-state index >= 15 is 0 Å². The number of sulfonamides is 1. The maximum absolute atomic E-state index is 12.9. The third-order valence-corrected chi connectivity index (χ3v) is 5.93. The van der Waals surface area contributed by atoms with Gasteiger partial charge in [0.1, 0.15) is 6.04 Å². The van der Waals surface area contributed by atoms with Crippen molar-refractivity contribution in [2.24, 2.45) is 0 Å². The highest BCUT2D eigenvalue weighted by Gasteiger charge is 2.31. The highest BCUT2D eigenvalue weighted by molar-refractivity contribution is 7.88. The van der Waals surface area contributed by atoms with E-state index in [4.69, 9.17) is 11.6 Å². The van der Waals surface area contributed by atoms with Gasteiger partial charge in [-0.1, -0.05) is 54.1 Å². The van der Waals surface area contributed by atoms with E-state index in [0.29, 0.717) is 29.2 Å². The minimum Gasteiger partial charge on any atom is -0.341 e. The molecule has 1 N–H and O–H groups in total. The van der Waals surface area contributed by atoms with Crippen LogP contribution in [0.5, 0.6) is 0 Å². The van der Waals surface area contributed by atoms with Crippen LogP contribution in [-0.4, -0.2) is 32.3 Å². The first kappa shape index (κ1) is 18.9. The zero-order chi connectivity index (χ0) is 18.6. The molecule has 1 amide bonds. The van der Waals surface area contributed by atoms with E-state index in [0.717, 1.165) is 12.8 Å². The molecule has 0 bridgehead atoms. The Hall–Kier alpha value is -1.89. The van der Waals surface area contributed by atoms with Crippen LogP contribution >= 0.6 is 11.6 Å². The predicted octanol–water partition coefficient (Wildman–Crippen LogP) is 3.12. The molecule has 0 unspecified atom stereocenters. The predicted molar refractivity (Wildman–Crippen MR) is 102 cm³/mol. The van der Waals surface area contributed by atoms with Crippen LogP contribution < -0.4 is 4.72 Å². The van der Waals surface area contributed by atoms with Crippen molar-refractivity contribution in [1.29, 1.82) is 0 Å². The van der Waals surface area contributed by atoms with E-state index in [9.17, 15) is 13.2 Å². The van der Waals surface area contributed by atoms with Crippen LogP contribution in [0.1, 0.15) is 30.0 Å². The van der Waals surface area contributed by atoms with Gasteiger partial charge in [-0.2, -0.15) is 4.72 Å². The molecule has 2 aromatic rings. The smallest absolute Gasteiger partial charge is 0.245 e. The molecule has 3 rings (SSSR count). The van der Waals surface area contributed by atoms with Gasteiger partial charge in [-0.05, 0) is 36.1 Å². The molecule has 0 radical (unpaired) electrons. The normalized spacial score (nSPS) is 15.8. The summed E-state index contributed by atoms with van der Waals surface area (Å²) in [7, 11) is -3.71. The van der Waals surface area contributed by atoms with Gasteiger partial charge in [0.05, 0.1) is 5.75 Å². The molecule has 1 fully saturated rings. The average Bonchev–Trinajstić information content (AvgIpc) is 3.16. The summed E-state index contributed by atoms with van der Waals surface area (Å²) in [5.74, 6) is -0.408. The summed E-state index contributed by atoms with van der Waals surface area (Å²) >= 11 is 5.85. The third-order valence-electron chi connectivity index (χ3n) is 4.36. The second kappa shape index (κ2) is 8.20. The summed E-state index contributed by atoms with van der Waals surface area (Å²) in [6, 6.07) is 14.7. The molecule has 7 heteroatoms. The van der Waals surface area contributed by atoms with Gasteiger partial charge in [-0.3, -0.25) is 4.79 Å². The molecule has 5 nitrogen and oxygen atoms in total. The Morgan fingerprint density at radius 1 is 1.04 bits per heavy atom. The minimum absolute atomic E-state index is 0.201. The molecule has 1 atom stereocenters. The van der Waals surface area contributed by atoms with E-state index < -0.39 is 16.1 Å². The number of nitrogens with zero attached hydrogens (tertiary/aromatic N) is 1. The average molecular weight is 393 g/mol. The van der Waals surface area contributed by atoms with E-state index in [1.54, 1.807) is 53.4 Å². The Balaban J connectivity index is 1.82. The largest absolute Gasteiger partial charge is 0.341 e. The molecule has 0 aliphatic carbocycles. The second-order valence-corrected chi connectivity index (χ2v) is 8.57. The quantitative estimate of drug-likeness (QED) is 0.821. The maximum atomic E-state index is 12.9. The van der Waals surface area contributed by atoms with Crippen LogP contribution in [0.15, 0.2) is 54.6 Å². The van der Waals surface area contributed by atoms with Crippen LogP contribution in [0.4, 0.5) is 0 Å². The van der Waals surface area contributed by atoms with Crippen molar-refractivity contribution >= 4 is 27.5 Å². The lowest BCUT2D eigenvalue weighted by molar-refractivity contribution is -0.132. The number of halogens is 1. The lowest BCUT2D eigenvalue weighted by atomic mass is 10.1. The first-order valence-corrected chi connectivity index (χ1v) is 10.6. The SMILES string of the molecule is O=C([C@@H](NS(=O)(=O)Cc1ccc(Cl)cc1)c1ccccc1)N1CCCC1. The second-order valence-electron chi connectivity index (χ2n) is 6.38. The van der Waals surface area contributed by atoms with E-state index in [-0.39, 0.29) is 11.7 Å². The molecule has 1 heterocycles. The molecule has 1 aliphatic rings. The topological polar surface area (TPSA) is 66.5 Å².